The number of carbonyl (C=O) groups is 1. The number of alkyl halides is 3. The third-order valence-corrected chi connectivity index (χ3v) is 6.95. The van der Waals surface area contributed by atoms with Gasteiger partial charge in [-0.1, -0.05) is 40.8 Å². The van der Waals surface area contributed by atoms with Crippen LogP contribution >= 0.6 is 23.2 Å². The molecule has 0 radical (unpaired) electrons. The van der Waals surface area contributed by atoms with Gasteiger partial charge in [0.25, 0.3) is 5.91 Å². The first-order valence-corrected chi connectivity index (χ1v) is 11.1. The Bertz CT molecular complexity index is 1340. The van der Waals surface area contributed by atoms with Gasteiger partial charge in [0, 0.05) is 33.0 Å². The van der Waals surface area contributed by atoms with Gasteiger partial charge in [0.1, 0.15) is 0 Å². The molecule has 0 spiro atoms. The Morgan fingerprint density at radius 3 is 2.47 bits per heavy atom. The highest BCUT2D eigenvalue weighted by atomic mass is 35.5. The van der Waals surface area contributed by atoms with E-state index >= 15 is 0 Å². The highest BCUT2D eigenvalue weighted by molar-refractivity contribution is 6.35. The van der Waals surface area contributed by atoms with Crippen molar-refractivity contribution in [3.8, 4) is 0 Å². The van der Waals surface area contributed by atoms with Crippen LogP contribution in [0.2, 0.25) is 10.0 Å². The monoisotopic (exact) mass is 514 g/mol. The summed E-state index contributed by atoms with van der Waals surface area (Å²) in [4.78, 5) is 24.7. The van der Waals surface area contributed by atoms with Crippen molar-refractivity contribution in [2.24, 2.45) is 0 Å². The maximum absolute atomic E-state index is 14.2. The molecule has 1 aliphatic rings. The Kier molecular flexibility index (Phi) is 6.16. The molecular formula is C23H19Cl2F3N2O4. The van der Waals surface area contributed by atoms with E-state index < -0.39 is 35.1 Å². The van der Waals surface area contributed by atoms with Crippen LogP contribution in [0.1, 0.15) is 36.9 Å². The van der Waals surface area contributed by atoms with E-state index in [1.807, 2.05) is 0 Å². The van der Waals surface area contributed by atoms with Crippen molar-refractivity contribution in [3.05, 3.63) is 68.1 Å². The van der Waals surface area contributed by atoms with E-state index in [1.165, 1.54) is 36.4 Å². The Morgan fingerprint density at radius 1 is 1.18 bits per heavy atom. The highest BCUT2D eigenvalue weighted by Gasteiger charge is 2.63. The molecule has 2 N–H and O–H groups in total. The molecule has 0 saturated heterocycles. The number of fused-ring (bicyclic) bond motifs is 1. The third-order valence-electron chi connectivity index (χ3n) is 6.40. The van der Waals surface area contributed by atoms with Gasteiger partial charge in [0.15, 0.2) is 0 Å². The Hall–Kier alpha value is -2.62. The zero-order chi connectivity index (χ0) is 24.9. The van der Waals surface area contributed by atoms with Gasteiger partial charge in [-0.15, -0.1) is 0 Å². The second-order valence-corrected chi connectivity index (χ2v) is 9.41. The second kappa shape index (κ2) is 8.55. The first kappa shape index (κ1) is 24.5. The van der Waals surface area contributed by atoms with E-state index in [-0.39, 0.29) is 16.1 Å². The number of carbonyl (C=O) groups excluding carboxylic acids is 1. The summed E-state index contributed by atoms with van der Waals surface area (Å²) in [6.07, 6.45) is -4.93. The third kappa shape index (κ3) is 4.16. The van der Waals surface area contributed by atoms with Crippen LogP contribution in [0, 0.1) is 6.92 Å². The second-order valence-electron chi connectivity index (χ2n) is 8.56. The topological polar surface area (TPSA) is 92.4 Å². The minimum atomic E-state index is -5.27. The fourth-order valence-corrected chi connectivity index (χ4v) is 5.01. The largest absolute Gasteiger partial charge is 0.426 e. The molecule has 3 aromatic rings. The molecule has 1 aliphatic carbocycles. The Labute approximate surface area is 201 Å². The summed E-state index contributed by atoms with van der Waals surface area (Å²) in [7, 11) is 0. The Morgan fingerprint density at radius 2 is 1.88 bits per heavy atom. The number of halogens is 5. The van der Waals surface area contributed by atoms with E-state index in [0.717, 1.165) is 0 Å². The lowest BCUT2D eigenvalue weighted by Gasteiger charge is -2.47. The molecule has 1 fully saturated rings. The van der Waals surface area contributed by atoms with Crippen molar-refractivity contribution in [1.29, 1.82) is 0 Å². The SMILES string of the molecule is Cc1noc(=O)c2ccc(NC(=O)C(O)(CC3(c4ccc(Cl)cc4Cl)CCC3)C(F)(F)F)cc12. The zero-order valence-electron chi connectivity index (χ0n) is 17.8. The number of nitrogens with zero attached hydrogens (tertiary/aromatic N) is 1. The van der Waals surface area contributed by atoms with Crippen LogP contribution < -0.4 is 10.9 Å². The van der Waals surface area contributed by atoms with Crippen molar-refractivity contribution >= 4 is 45.6 Å². The maximum Gasteiger partial charge on any atom is 0.426 e. The lowest BCUT2D eigenvalue weighted by molar-refractivity contribution is -0.257. The zero-order valence-corrected chi connectivity index (χ0v) is 19.3. The van der Waals surface area contributed by atoms with Crippen LogP contribution in [0.5, 0.6) is 0 Å². The van der Waals surface area contributed by atoms with Crippen molar-refractivity contribution in [2.75, 3.05) is 5.32 Å². The van der Waals surface area contributed by atoms with Crippen LogP contribution in [-0.2, 0) is 10.2 Å². The predicted octanol–water partition coefficient (Wildman–Crippen LogP) is 5.55. The smallest absolute Gasteiger partial charge is 0.373 e. The number of hydrogen-bond donors (Lipinski definition) is 2. The molecule has 1 saturated carbocycles. The van der Waals surface area contributed by atoms with Gasteiger partial charge in [-0.2, -0.15) is 13.2 Å². The number of aryl methyl sites for hydroxylation is 1. The molecule has 11 heteroatoms. The number of hydrogen-bond acceptors (Lipinski definition) is 5. The molecule has 1 heterocycles. The number of rotatable bonds is 5. The predicted molar refractivity (Wildman–Crippen MR) is 121 cm³/mol. The van der Waals surface area contributed by atoms with Crippen LogP contribution in [0.3, 0.4) is 0 Å². The summed E-state index contributed by atoms with van der Waals surface area (Å²) >= 11 is 12.2. The molecule has 1 amide bonds. The number of aliphatic hydroxyl groups is 1. The van der Waals surface area contributed by atoms with Gasteiger partial charge in [-0.3, -0.25) is 4.79 Å². The van der Waals surface area contributed by atoms with Gasteiger partial charge >= 0.3 is 11.8 Å². The molecule has 34 heavy (non-hydrogen) atoms. The Balaban J connectivity index is 1.70. The van der Waals surface area contributed by atoms with E-state index in [9.17, 15) is 27.9 Å². The normalized spacial score (nSPS) is 17.1. The van der Waals surface area contributed by atoms with Gasteiger partial charge in [0.2, 0.25) is 5.60 Å². The van der Waals surface area contributed by atoms with Crippen LogP contribution in [0.4, 0.5) is 18.9 Å². The molecule has 4 rings (SSSR count). The molecule has 1 atom stereocenters. The molecule has 1 aromatic heterocycles. The van der Waals surface area contributed by atoms with Crippen molar-refractivity contribution in [2.45, 2.75) is 49.8 Å². The number of benzene rings is 2. The summed E-state index contributed by atoms with van der Waals surface area (Å²) in [6.45, 7) is 1.54. The van der Waals surface area contributed by atoms with Gasteiger partial charge < -0.3 is 14.9 Å². The van der Waals surface area contributed by atoms with E-state index in [0.29, 0.717) is 40.9 Å². The average Bonchev–Trinajstić information content (AvgIpc) is 2.73. The van der Waals surface area contributed by atoms with E-state index in [4.69, 9.17) is 23.2 Å². The summed E-state index contributed by atoms with van der Waals surface area (Å²) in [5.74, 6) is -1.63. The van der Waals surface area contributed by atoms with Crippen LogP contribution in [0.25, 0.3) is 10.8 Å². The van der Waals surface area contributed by atoms with Crippen molar-refractivity contribution in [1.82, 2.24) is 5.16 Å². The average molecular weight is 515 g/mol. The minimum absolute atomic E-state index is 0.0390. The number of aromatic nitrogens is 1. The maximum atomic E-state index is 14.2. The molecule has 6 nitrogen and oxygen atoms in total. The van der Waals surface area contributed by atoms with Crippen LogP contribution in [-0.4, -0.2) is 27.9 Å². The van der Waals surface area contributed by atoms with Gasteiger partial charge in [-0.05, 0) is 55.7 Å². The van der Waals surface area contributed by atoms with Crippen molar-refractivity contribution in [3.63, 3.8) is 0 Å². The fraction of sp³-hybridized carbons (Fsp3) is 0.348. The van der Waals surface area contributed by atoms with E-state index in [2.05, 4.69) is 15.0 Å². The van der Waals surface area contributed by atoms with E-state index in [1.54, 1.807) is 6.92 Å². The van der Waals surface area contributed by atoms with Crippen molar-refractivity contribution < 1.29 is 27.6 Å². The van der Waals surface area contributed by atoms with Gasteiger partial charge in [-0.25, -0.2) is 4.79 Å². The lowest BCUT2D eigenvalue weighted by Crippen LogP contribution is -2.59. The highest BCUT2D eigenvalue weighted by Crippen LogP contribution is 2.53. The summed E-state index contributed by atoms with van der Waals surface area (Å²) in [5, 5.41) is 17.5. The summed E-state index contributed by atoms with van der Waals surface area (Å²) in [6, 6.07) is 8.33. The number of nitrogens with one attached hydrogen (secondary N) is 1. The number of amides is 1. The van der Waals surface area contributed by atoms with Gasteiger partial charge in [0.05, 0.1) is 11.1 Å². The summed E-state index contributed by atoms with van der Waals surface area (Å²) in [5.41, 5.74) is -4.90. The molecule has 180 valence electrons. The first-order chi connectivity index (χ1) is 15.9. The standard InChI is InChI=1S/C23H19Cl2F3N2O4/c1-12-16-10-14(4-5-15(16)19(31)34-30-12)29-20(32)22(33,23(26,27)28)11-21(7-2-8-21)17-6-3-13(24)9-18(17)25/h3-6,9-10,33H,2,7-8,11H2,1H3,(H,29,32). The minimum Gasteiger partial charge on any atom is -0.373 e. The molecule has 0 aliphatic heterocycles. The molecule has 1 unspecified atom stereocenters. The molecule has 2 aromatic carbocycles. The quantitative estimate of drug-likeness (QED) is 0.465. The van der Waals surface area contributed by atoms with Crippen LogP contribution in [0.15, 0.2) is 45.7 Å². The lowest BCUT2D eigenvalue weighted by atomic mass is 9.59. The molecular weight excluding hydrogens is 496 g/mol. The molecule has 0 bridgehead atoms. The fourth-order valence-electron chi connectivity index (χ4n) is 4.41. The first-order valence-electron chi connectivity index (χ1n) is 10.3. The number of anilines is 1. The summed E-state index contributed by atoms with van der Waals surface area (Å²) < 4.78 is 47.1.